The van der Waals surface area contributed by atoms with Crippen LogP contribution in [-0.4, -0.2) is 35.6 Å². The van der Waals surface area contributed by atoms with Gasteiger partial charge in [0.1, 0.15) is 22.8 Å². The van der Waals surface area contributed by atoms with Crippen molar-refractivity contribution in [3.05, 3.63) is 94.7 Å². The van der Waals surface area contributed by atoms with Crippen LogP contribution in [0.25, 0.3) is 16.7 Å². The summed E-state index contributed by atoms with van der Waals surface area (Å²) in [7, 11) is 4.86. The van der Waals surface area contributed by atoms with Gasteiger partial charge in [-0.25, -0.2) is 0 Å². The quantitative estimate of drug-likeness (QED) is 0.226. The highest BCUT2D eigenvalue weighted by molar-refractivity contribution is 6.52. The van der Waals surface area contributed by atoms with Crippen molar-refractivity contribution >= 4 is 34.0 Å². The first kappa shape index (κ1) is 24.2. The van der Waals surface area contributed by atoms with Gasteiger partial charge in [-0.3, -0.25) is 14.5 Å². The van der Waals surface area contributed by atoms with E-state index in [2.05, 4.69) is 0 Å². The second-order valence-corrected chi connectivity index (χ2v) is 9.19. The maximum Gasteiger partial charge on any atom is 0.300 e. The van der Waals surface area contributed by atoms with Crippen LogP contribution < -0.4 is 14.4 Å². The van der Waals surface area contributed by atoms with Crippen LogP contribution >= 0.6 is 0 Å². The molecule has 4 aromatic rings. The van der Waals surface area contributed by atoms with Crippen LogP contribution in [0, 0.1) is 13.8 Å². The number of aliphatic hydroxyl groups excluding tert-OH is 1. The minimum atomic E-state index is -0.872. The Bertz CT molecular complexity index is 1570. The van der Waals surface area contributed by atoms with Gasteiger partial charge in [-0.1, -0.05) is 30.3 Å². The number of benzene rings is 3. The first-order valence-corrected chi connectivity index (χ1v) is 11.9. The molecule has 3 aromatic carbocycles. The summed E-state index contributed by atoms with van der Waals surface area (Å²) in [5, 5.41) is 12.6. The minimum absolute atomic E-state index is 0.0256. The first-order valence-electron chi connectivity index (χ1n) is 11.9. The number of aliphatic hydroxyl groups is 1. The van der Waals surface area contributed by atoms with Crippen molar-refractivity contribution in [1.82, 2.24) is 4.57 Å². The Morgan fingerprint density at radius 1 is 0.892 bits per heavy atom. The number of methoxy groups -OCH3 is 2. The predicted octanol–water partition coefficient (Wildman–Crippen LogP) is 5.44. The Morgan fingerprint density at radius 3 is 2.22 bits per heavy atom. The zero-order valence-electron chi connectivity index (χ0n) is 21.4. The summed E-state index contributed by atoms with van der Waals surface area (Å²) < 4.78 is 12.9. The Hall–Kier alpha value is -4.52. The SMILES string of the molecule is COc1cccc(OC)c1/C(O)=C1\C(=O)C(=O)N(c2ccc(C)c(C)c2)C1c1cn(C)c2ccccc12. The summed E-state index contributed by atoms with van der Waals surface area (Å²) in [6.45, 7) is 3.95. The molecule has 1 aromatic heterocycles. The molecule has 37 heavy (non-hydrogen) atoms. The second-order valence-electron chi connectivity index (χ2n) is 9.19. The minimum Gasteiger partial charge on any atom is -0.506 e. The Balaban J connectivity index is 1.85. The number of fused-ring (bicyclic) bond motifs is 1. The van der Waals surface area contributed by atoms with Gasteiger partial charge in [-0.2, -0.15) is 0 Å². The van der Waals surface area contributed by atoms with Gasteiger partial charge in [0.25, 0.3) is 11.7 Å². The maximum absolute atomic E-state index is 13.7. The van der Waals surface area contributed by atoms with Gasteiger partial charge in [0.15, 0.2) is 0 Å². The summed E-state index contributed by atoms with van der Waals surface area (Å²) in [4.78, 5) is 28.8. The second kappa shape index (κ2) is 9.17. The number of ketones is 1. The smallest absolute Gasteiger partial charge is 0.300 e. The molecule has 7 nitrogen and oxygen atoms in total. The third-order valence-corrected chi connectivity index (χ3v) is 7.10. The van der Waals surface area contributed by atoms with Crippen molar-refractivity contribution in [2.45, 2.75) is 19.9 Å². The van der Waals surface area contributed by atoms with E-state index in [9.17, 15) is 14.7 Å². The molecule has 2 heterocycles. The molecule has 5 rings (SSSR count). The van der Waals surface area contributed by atoms with E-state index in [-0.39, 0.29) is 16.9 Å². The van der Waals surface area contributed by atoms with Crippen molar-refractivity contribution in [2.24, 2.45) is 7.05 Å². The third kappa shape index (κ3) is 3.74. The number of aryl methyl sites for hydroxylation is 3. The van der Waals surface area contributed by atoms with Gasteiger partial charge in [0, 0.05) is 35.4 Å². The Labute approximate surface area is 215 Å². The maximum atomic E-state index is 13.7. The van der Waals surface area contributed by atoms with Crippen LogP contribution in [0.15, 0.2) is 72.4 Å². The van der Waals surface area contributed by atoms with E-state index in [0.29, 0.717) is 17.2 Å². The van der Waals surface area contributed by atoms with Crippen molar-refractivity contribution in [3.8, 4) is 11.5 Å². The molecule has 1 aliphatic rings. The predicted molar refractivity (Wildman–Crippen MR) is 143 cm³/mol. The highest BCUT2D eigenvalue weighted by atomic mass is 16.5. The lowest BCUT2D eigenvalue weighted by atomic mass is 9.94. The lowest BCUT2D eigenvalue weighted by Crippen LogP contribution is -2.29. The fourth-order valence-electron chi connectivity index (χ4n) is 5.08. The van der Waals surface area contributed by atoms with Crippen molar-refractivity contribution < 1.29 is 24.2 Å². The van der Waals surface area contributed by atoms with Crippen LogP contribution in [-0.2, 0) is 16.6 Å². The fraction of sp³-hybridized carbons (Fsp3) is 0.200. The number of hydrogen-bond donors (Lipinski definition) is 1. The van der Waals surface area contributed by atoms with Gasteiger partial charge in [0.05, 0.1) is 25.8 Å². The standard InChI is InChI=1S/C30H28N2O5/c1-17-13-14-19(15-18(17)2)32-27(21-16-31(3)22-10-7-6-9-20(21)22)26(29(34)30(32)35)28(33)25-23(36-4)11-8-12-24(25)37-5/h6-16,27,33H,1-5H3/b28-26+. The summed E-state index contributed by atoms with van der Waals surface area (Å²) in [5.74, 6) is -1.19. The summed E-state index contributed by atoms with van der Waals surface area (Å²) in [6, 6.07) is 17.6. The normalized spacial score (nSPS) is 17.0. The highest BCUT2D eigenvalue weighted by Crippen LogP contribution is 2.47. The van der Waals surface area contributed by atoms with E-state index in [1.165, 1.54) is 19.1 Å². The van der Waals surface area contributed by atoms with Gasteiger partial charge in [0.2, 0.25) is 0 Å². The summed E-state index contributed by atoms with van der Waals surface area (Å²) in [6.07, 6.45) is 1.90. The fourth-order valence-corrected chi connectivity index (χ4v) is 5.08. The lowest BCUT2D eigenvalue weighted by molar-refractivity contribution is -0.132. The Morgan fingerprint density at radius 2 is 1.57 bits per heavy atom. The number of hydrogen-bond acceptors (Lipinski definition) is 5. The highest BCUT2D eigenvalue weighted by Gasteiger charge is 2.48. The number of carbonyl (C=O) groups is 2. The van der Waals surface area contributed by atoms with Crippen molar-refractivity contribution in [2.75, 3.05) is 19.1 Å². The molecule has 1 unspecified atom stereocenters. The molecule has 1 saturated heterocycles. The van der Waals surface area contributed by atoms with E-state index in [1.54, 1.807) is 18.2 Å². The molecule has 0 aliphatic carbocycles. The topological polar surface area (TPSA) is 81.0 Å². The molecule has 1 atom stereocenters. The lowest BCUT2D eigenvalue weighted by Gasteiger charge is -2.26. The number of amides is 1. The van der Waals surface area contributed by atoms with E-state index < -0.39 is 17.7 Å². The zero-order chi connectivity index (χ0) is 26.4. The number of aromatic nitrogens is 1. The number of nitrogens with zero attached hydrogens (tertiary/aromatic N) is 2. The first-order chi connectivity index (χ1) is 17.8. The molecule has 0 bridgehead atoms. The summed E-state index contributed by atoms with van der Waals surface area (Å²) >= 11 is 0. The van der Waals surface area contributed by atoms with Crippen LogP contribution in [0.5, 0.6) is 11.5 Å². The molecule has 0 spiro atoms. The molecule has 1 aliphatic heterocycles. The van der Waals surface area contributed by atoms with Crippen LogP contribution in [0.3, 0.4) is 0 Å². The Kier molecular flexibility index (Phi) is 5.99. The number of para-hydroxylation sites is 1. The van der Waals surface area contributed by atoms with Crippen LogP contribution in [0.1, 0.15) is 28.3 Å². The van der Waals surface area contributed by atoms with Crippen molar-refractivity contribution in [1.29, 1.82) is 0 Å². The third-order valence-electron chi connectivity index (χ3n) is 7.10. The number of anilines is 1. The molecular formula is C30H28N2O5. The summed E-state index contributed by atoms with van der Waals surface area (Å²) in [5.41, 5.74) is 4.50. The van der Waals surface area contributed by atoms with Gasteiger partial charge >= 0.3 is 0 Å². The largest absolute Gasteiger partial charge is 0.506 e. The molecule has 1 fully saturated rings. The number of ether oxygens (including phenoxy) is 2. The van der Waals surface area contributed by atoms with E-state index in [1.807, 2.05) is 74.1 Å². The average Bonchev–Trinajstić information content (AvgIpc) is 3.38. The molecule has 0 radical (unpaired) electrons. The van der Waals surface area contributed by atoms with Gasteiger partial charge in [-0.05, 0) is 55.3 Å². The van der Waals surface area contributed by atoms with E-state index in [0.717, 1.165) is 27.6 Å². The van der Waals surface area contributed by atoms with Crippen molar-refractivity contribution in [3.63, 3.8) is 0 Å². The molecule has 0 saturated carbocycles. The zero-order valence-corrected chi connectivity index (χ0v) is 21.4. The number of carbonyl (C=O) groups excluding carboxylic acids is 2. The van der Waals surface area contributed by atoms with E-state index >= 15 is 0 Å². The molecule has 188 valence electrons. The molecule has 7 heteroatoms. The monoisotopic (exact) mass is 496 g/mol. The number of Topliss-reactive ketones (excluding diaryl/α,β-unsaturated/α-hetero) is 1. The van der Waals surface area contributed by atoms with Gasteiger partial charge in [-0.15, -0.1) is 0 Å². The van der Waals surface area contributed by atoms with Gasteiger partial charge < -0.3 is 19.1 Å². The number of rotatable bonds is 5. The molecular weight excluding hydrogens is 468 g/mol. The molecule has 1 amide bonds. The van der Waals surface area contributed by atoms with E-state index in [4.69, 9.17) is 9.47 Å². The molecule has 1 N–H and O–H groups in total. The van der Waals surface area contributed by atoms with Crippen LogP contribution in [0.4, 0.5) is 5.69 Å². The van der Waals surface area contributed by atoms with Crippen LogP contribution in [0.2, 0.25) is 0 Å². The average molecular weight is 497 g/mol.